The molecule has 0 radical (unpaired) electrons. The van der Waals surface area contributed by atoms with E-state index < -0.39 is 0 Å². The number of hydrogen-bond acceptors (Lipinski definition) is 8. The molecule has 0 rings (SSSR count). The first-order chi connectivity index (χ1) is 15.8. The summed E-state index contributed by atoms with van der Waals surface area (Å²) in [5.74, 6) is 0.691. The Morgan fingerprint density at radius 1 is 0.469 bits per heavy atom. The van der Waals surface area contributed by atoms with Crippen LogP contribution in [0.3, 0.4) is 0 Å². The van der Waals surface area contributed by atoms with Crippen molar-refractivity contribution in [3.8, 4) is 0 Å². The molecule has 194 valence electrons. The molecule has 0 fully saturated rings. The van der Waals surface area contributed by atoms with Gasteiger partial charge < -0.3 is 38.3 Å². The van der Waals surface area contributed by atoms with Crippen LogP contribution in [0.2, 0.25) is 0 Å². The first kappa shape index (κ1) is 31.7. The van der Waals surface area contributed by atoms with Gasteiger partial charge in [-0.2, -0.15) is 0 Å². The lowest BCUT2D eigenvalue weighted by molar-refractivity contribution is -0.0227. The summed E-state index contributed by atoms with van der Waals surface area (Å²) in [6.45, 7) is 12.3. The Balaban J connectivity index is 3.18. The molecule has 0 bridgehead atoms. The van der Waals surface area contributed by atoms with Crippen LogP contribution >= 0.6 is 0 Å². The van der Waals surface area contributed by atoms with Crippen molar-refractivity contribution in [3.05, 3.63) is 0 Å². The van der Waals surface area contributed by atoms with Gasteiger partial charge in [-0.05, 0) is 18.8 Å². The lowest BCUT2D eigenvalue weighted by Gasteiger charge is -2.16. The Labute approximate surface area is 196 Å². The fourth-order valence-electron chi connectivity index (χ4n) is 3.04. The van der Waals surface area contributed by atoms with Crippen molar-refractivity contribution in [3.63, 3.8) is 0 Å². The third-order valence-electron chi connectivity index (χ3n) is 4.73. The van der Waals surface area contributed by atoms with E-state index in [2.05, 4.69) is 13.8 Å². The highest BCUT2D eigenvalue weighted by Crippen LogP contribution is 2.16. The van der Waals surface area contributed by atoms with E-state index >= 15 is 0 Å². The molecule has 0 saturated carbocycles. The number of aliphatic hydroxyl groups is 1. The monoisotopic (exact) mass is 466 g/mol. The Kier molecular flexibility index (Phi) is 28.4. The Bertz CT molecular complexity index is 333. The quantitative estimate of drug-likeness (QED) is 0.176. The maximum atomic E-state index is 8.55. The number of aliphatic hydroxyl groups excluding tert-OH is 1. The van der Waals surface area contributed by atoms with Crippen molar-refractivity contribution in [2.75, 3.05) is 99.1 Å². The molecule has 8 heteroatoms. The van der Waals surface area contributed by atoms with E-state index in [1.165, 1.54) is 38.5 Å². The third kappa shape index (κ3) is 25.9. The molecule has 0 aliphatic heterocycles. The molecule has 0 saturated heterocycles. The van der Waals surface area contributed by atoms with Crippen LogP contribution in [0, 0.1) is 5.92 Å². The highest BCUT2D eigenvalue weighted by atomic mass is 16.6. The fraction of sp³-hybridized carbons (Fsp3) is 1.00. The van der Waals surface area contributed by atoms with Gasteiger partial charge in [-0.25, -0.2) is 0 Å². The molecular formula is C24H50O8. The molecule has 0 heterocycles. The van der Waals surface area contributed by atoms with Crippen LogP contribution in [0.5, 0.6) is 0 Å². The van der Waals surface area contributed by atoms with Crippen LogP contribution in [0.15, 0.2) is 0 Å². The molecule has 32 heavy (non-hydrogen) atoms. The first-order valence-corrected chi connectivity index (χ1v) is 12.5. The molecule has 0 aliphatic rings. The van der Waals surface area contributed by atoms with Crippen molar-refractivity contribution < 1.29 is 38.3 Å². The van der Waals surface area contributed by atoms with Crippen molar-refractivity contribution in [2.45, 2.75) is 52.4 Å². The van der Waals surface area contributed by atoms with Gasteiger partial charge in [-0.1, -0.05) is 39.5 Å². The molecule has 8 nitrogen and oxygen atoms in total. The van der Waals surface area contributed by atoms with Crippen LogP contribution in [-0.4, -0.2) is 104 Å². The number of hydrogen-bond donors (Lipinski definition) is 1. The van der Waals surface area contributed by atoms with Crippen molar-refractivity contribution in [1.29, 1.82) is 0 Å². The molecule has 0 aliphatic carbocycles. The van der Waals surface area contributed by atoms with E-state index in [4.69, 9.17) is 38.3 Å². The average Bonchev–Trinajstić information content (AvgIpc) is 2.80. The van der Waals surface area contributed by atoms with Gasteiger partial charge in [0.2, 0.25) is 0 Å². The smallest absolute Gasteiger partial charge is 0.0701 e. The molecule has 1 N–H and O–H groups in total. The van der Waals surface area contributed by atoms with Gasteiger partial charge in [0.25, 0.3) is 0 Å². The zero-order chi connectivity index (χ0) is 23.4. The molecule has 0 aromatic carbocycles. The van der Waals surface area contributed by atoms with Gasteiger partial charge in [0.15, 0.2) is 0 Å². The number of rotatable bonds is 28. The van der Waals surface area contributed by atoms with Crippen molar-refractivity contribution >= 4 is 0 Å². The lowest BCUT2D eigenvalue weighted by atomic mass is 9.97. The van der Waals surface area contributed by atoms with Crippen LogP contribution < -0.4 is 0 Å². The molecule has 0 spiro atoms. The van der Waals surface area contributed by atoms with Crippen LogP contribution in [-0.2, 0) is 33.2 Å². The predicted octanol–water partition coefficient (Wildman–Crippen LogP) is 3.09. The van der Waals surface area contributed by atoms with Gasteiger partial charge in [0.05, 0.1) is 92.5 Å². The third-order valence-corrected chi connectivity index (χ3v) is 4.73. The summed E-state index contributed by atoms with van der Waals surface area (Å²) in [5.41, 5.74) is 0. The van der Waals surface area contributed by atoms with Gasteiger partial charge in [0.1, 0.15) is 0 Å². The second-order valence-corrected chi connectivity index (χ2v) is 7.62. The molecular weight excluding hydrogens is 416 g/mol. The van der Waals surface area contributed by atoms with Crippen molar-refractivity contribution in [1.82, 2.24) is 0 Å². The lowest BCUT2D eigenvalue weighted by Crippen LogP contribution is -2.15. The SMILES string of the molecule is CCCCCC(CCC)COCCOCCOCCOCCOCCOCCOCCO. The van der Waals surface area contributed by atoms with Gasteiger partial charge in [-0.3, -0.25) is 0 Å². The molecule has 1 atom stereocenters. The van der Waals surface area contributed by atoms with Crippen molar-refractivity contribution in [2.24, 2.45) is 5.92 Å². The Hall–Kier alpha value is -0.320. The van der Waals surface area contributed by atoms with E-state index in [-0.39, 0.29) is 6.61 Å². The number of unbranched alkanes of at least 4 members (excludes halogenated alkanes) is 2. The minimum atomic E-state index is 0.0380. The highest BCUT2D eigenvalue weighted by Gasteiger charge is 2.07. The second kappa shape index (κ2) is 28.7. The first-order valence-electron chi connectivity index (χ1n) is 12.5. The number of ether oxygens (including phenoxy) is 7. The maximum absolute atomic E-state index is 8.55. The standard InChI is InChI=1S/C24H50O8/c1-3-5-6-8-24(7-4-2)23-32-22-21-31-20-19-30-18-17-29-16-15-28-14-13-27-12-11-26-10-9-25/h24-25H,3-23H2,1-2H3. The maximum Gasteiger partial charge on any atom is 0.0701 e. The summed E-state index contributed by atoms with van der Waals surface area (Å²) >= 11 is 0. The predicted molar refractivity (Wildman–Crippen MR) is 125 cm³/mol. The van der Waals surface area contributed by atoms with E-state index in [0.717, 1.165) is 6.61 Å². The highest BCUT2D eigenvalue weighted by molar-refractivity contribution is 4.58. The second-order valence-electron chi connectivity index (χ2n) is 7.62. The zero-order valence-corrected chi connectivity index (χ0v) is 20.7. The summed E-state index contributed by atoms with van der Waals surface area (Å²) in [7, 11) is 0. The summed E-state index contributed by atoms with van der Waals surface area (Å²) in [5, 5.41) is 8.55. The van der Waals surface area contributed by atoms with Gasteiger partial charge in [0, 0.05) is 6.61 Å². The van der Waals surface area contributed by atoms with E-state index in [1.54, 1.807) is 0 Å². The summed E-state index contributed by atoms with van der Waals surface area (Å²) in [6, 6.07) is 0. The average molecular weight is 467 g/mol. The zero-order valence-electron chi connectivity index (χ0n) is 20.7. The molecule has 0 amide bonds. The van der Waals surface area contributed by atoms with E-state index in [9.17, 15) is 0 Å². The topological polar surface area (TPSA) is 84.8 Å². The van der Waals surface area contributed by atoms with Gasteiger partial charge in [-0.15, -0.1) is 0 Å². The van der Waals surface area contributed by atoms with E-state index in [0.29, 0.717) is 91.8 Å². The normalized spacial score (nSPS) is 12.5. The Morgan fingerprint density at radius 2 is 0.875 bits per heavy atom. The minimum absolute atomic E-state index is 0.0380. The van der Waals surface area contributed by atoms with Crippen LogP contribution in [0.1, 0.15) is 52.4 Å². The molecule has 0 aromatic rings. The molecule has 1 unspecified atom stereocenters. The molecule has 0 aromatic heterocycles. The summed E-state index contributed by atoms with van der Waals surface area (Å²) < 4.78 is 38.1. The van der Waals surface area contributed by atoms with Crippen LogP contribution in [0.25, 0.3) is 0 Å². The Morgan fingerprint density at radius 3 is 1.25 bits per heavy atom. The summed E-state index contributed by atoms with van der Waals surface area (Å²) in [4.78, 5) is 0. The van der Waals surface area contributed by atoms with E-state index in [1.807, 2.05) is 0 Å². The minimum Gasteiger partial charge on any atom is -0.394 e. The fourth-order valence-corrected chi connectivity index (χ4v) is 3.04. The van der Waals surface area contributed by atoms with Gasteiger partial charge >= 0.3 is 0 Å². The van der Waals surface area contributed by atoms with Crippen LogP contribution in [0.4, 0.5) is 0 Å². The summed E-state index contributed by atoms with van der Waals surface area (Å²) in [6.07, 6.45) is 7.67. The largest absolute Gasteiger partial charge is 0.394 e.